The lowest BCUT2D eigenvalue weighted by molar-refractivity contribution is -0.113. The number of amides is 1. The molecule has 0 fully saturated rings. The summed E-state index contributed by atoms with van der Waals surface area (Å²) in [5, 5.41) is 15.8. The molecule has 0 radical (unpaired) electrons. The molecule has 9 heteroatoms. The monoisotopic (exact) mass is 451 g/mol. The average Bonchev–Trinajstić information content (AvgIpc) is 3.18. The SMILES string of the molecule is CC/C(=N/Nc1nnc(SCC(=O)Nc2ccc(C(C)CC)cc2)n1N)c1ccccc1. The number of nitrogens with one attached hydrogen (secondary N) is 2. The van der Waals surface area contributed by atoms with Crippen LogP contribution < -0.4 is 16.6 Å². The zero-order chi connectivity index (χ0) is 22.9. The number of hydrazone groups is 1. The molecule has 1 aromatic heterocycles. The molecule has 1 amide bonds. The predicted octanol–water partition coefficient (Wildman–Crippen LogP) is 4.46. The molecule has 0 aliphatic rings. The number of nitrogens with zero attached hydrogens (tertiary/aromatic N) is 4. The van der Waals surface area contributed by atoms with E-state index in [0.717, 1.165) is 29.8 Å². The fourth-order valence-electron chi connectivity index (χ4n) is 3.01. The lowest BCUT2D eigenvalue weighted by atomic mass is 9.99. The van der Waals surface area contributed by atoms with Crippen LogP contribution in [0.1, 0.15) is 50.7 Å². The van der Waals surface area contributed by atoms with E-state index >= 15 is 0 Å². The minimum absolute atomic E-state index is 0.140. The Morgan fingerprint density at radius 1 is 1.12 bits per heavy atom. The summed E-state index contributed by atoms with van der Waals surface area (Å²) in [6.45, 7) is 6.37. The molecule has 4 N–H and O–H groups in total. The van der Waals surface area contributed by atoms with Gasteiger partial charge in [-0.3, -0.25) is 4.79 Å². The summed E-state index contributed by atoms with van der Waals surface area (Å²) in [4.78, 5) is 12.3. The molecule has 1 unspecified atom stereocenters. The molecular weight excluding hydrogens is 422 g/mol. The molecule has 1 heterocycles. The largest absolute Gasteiger partial charge is 0.334 e. The summed E-state index contributed by atoms with van der Waals surface area (Å²) >= 11 is 1.21. The van der Waals surface area contributed by atoms with Crippen molar-refractivity contribution in [3.05, 3.63) is 65.7 Å². The Kier molecular flexibility index (Phi) is 8.27. The maximum absolute atomic E-state index is 12.3. The number of aromatic nitrogens is 3. The van der Waals surface area contributed by atoms with Crippen LogP contribution in [-0.2, 0) is 4.79 Å². The summed E-state index contributed by atoms with van der Waals surface area (Å²) in [7, 11) is 0. The lowest BCUT2D eigenvalue weighted by Crippen LogP contribution is -2.17. The standard InChI is InChI=1S/C23H29N7OS/c1-4-16(3)17-11-13-19(14-12-17)25-21(31)15-32-23-29-28-22(30(23)24)27-26-20(5-2)18-9-7-6-8-10-18/h6-14,16H,4-5,15,24H2,1-3H3,(H,25,31)(H,27,28)/b26-20-. The number of nitrogen functional groups attached to an aromatic ring is 1. The van der Waals surface area contributed by atoms with E-state index in [1.54, 1.807) is 0 Å². The Bertz CT molecular complexity index is 1050. The van der Waals surface area contributed by atoms with Gasteiger partial charge in [-0.1, -0.05) is 75.0 Å². The molecule has 0 aliphatic heterocycles. The van der Waals surface area contributed by atoms with E-state index in [1.165, 1.54) is 22.0 Å². The topological polar surface area (TPSA) is 110 Å². The molecule has 0 bridgehead atoms. The third-order valence-electron chi connectivity index (χ3n) is 5.11. The zero-order valence-electron chi connectivity index (χ0n) is 18.6. The van der Waals surface area contributed by atoms with Crippen LogP contribution in [0.15, 0.2) is 64.9 Å². The molecule has 1 atom stereocenters. The van der Waals surface area contributed by atoms with Crippen LogP contribution in [0.5, 0.6) is 0 Å². The third-order valence-corrected chi connectivity index (χ3v) is 6.05. The van der Waals surface area contributed by atoms with Crippen molar-refractivity contribution in [2.24, 2.45) is 5.10 Å². The highest BCUT2D eigenvalue weighted by Crippen LogP contribution is 2.21. The number of rotatable bonds is 10. The lowest BCUT2D eigenvalue weighted by Gasteiger charge is -2.10. The maximum atomic E-state index is 12.3. The zero-order valence-corrected chi connectivity index (χ0v) is 19.4. The van der Waals surface area contributed by atoms with Gasteiger partial charge in [-0.2, -0.15) is 5.10 Å². The Hall–Kier alpha value is -3.33. The number of nitrogens with two attached hydrogens (primary N) is 1. The van der Waals surface area contributed by atoms with Crippen LogP contribution in [0.3, 0.4) is 0 Å². The number of anilines is 2. The Morgan fingerprint density at radius 3 is 2.50 bits per heavy atom. The highest BCUT2D eigenvalue weighted by atomic mass is 32.2. The first-order valence-electron chi connectivity index (χ1n) is 10.6. The van der Waals surface area contributed by atoms with Gasteiger partial charge in [0.2, 0.25) is 11.1 Å². The van der Waals surface area contributed by atoms with Crippen molar-refractivity contribution in [1.29, 1.82) is 0 Å². The number of benzene rings is 2. The maximum Gasteiger partial charge on any atom is 0.264 e. The van der Waals surface area contributed by atoms with Gasteiger partial charge < -0.3 is 11.2 Å². The van der Waals surface area contributed by atoms with Crippen LogP contribution in [0.2, 0.25) is 0 Å². The smallest absolute Gasteiger partial charge is 0.264 e. The fraction of sp³-hybridized carbons (Fsp3) is 0.304. The second kappa shape index (κ2) is 11.3. The van der Waals surface area contributed by atoms with E-state index in [-0.39, 0.29) is 11.7 Å². The minimum Gasteiger partial charge on any atom is -0.334 e. The van der Waals surface area contributed by atoms with Gasteiger partial charge in [0.05, 0.1) is 11.5 Å². The summed E-state index contributed by atoms with van der Waals surface area (Å²) in [6.07, 6.45) is 1.83. The second-order valence-corrected chi connectivity index (χ2v) is 8.28. The molecule has 0 saturated carbocycles. The molecule has 3 aromatic rings. The number of carbonyl (C=O) groups excluding carboxylic acids is 1. The van der Waals surface area contributed by atoms with E-state index in [2.05, 4.69) is 39.9 Å². The first-order chi connectivity index (χ1) is 15.5. The predicted molar refractivity (Wildman–Crippen MR) is 132 cm³/mol. The number of hydrogen-bond acceptors (Lipinski definition) is 7. The van der Waals surface area contributed by atoms with Gasteiger partial charge in [-0.15, -0.1) is 10.2 Å². The average molecular weight is 452 g/mol. The van der Waals surface area contributed by atoms with E-state index in [9.17, 15) is 4.79 Å². The summed E-state index contributed by atoms with van der Waals surface area (Å²) < 4.78 is 1.29. The highest BCUT2D eigenvalue weighted by Gasteiger charge is 2.13. The quantitative estimate of drug-likeness (QED) is 0.182. The van der Waals surface area contributed by atoms with Crippen molar-refractivity contribution < 1.29 is 4.79 Å². The Labute approximate surface area is 192 Å². The number of hydrogen-bond donors (Lipinski definition) is 3. The number of thioether (sulfide) groups is 1. The highest BCUT2D eigenvalue weighted by molar-refractivity contribution is 7.99. The molecule has 8 nitrogen and oxygen atoms in total. The van der Waals surface area contributed by atoms with Gasteiger partial charge >= 0.3 is 0 Å². The van der Waals surface area contributed by atoms with E-state index < -0.39 is 0 Å². The van der Waals surface area contributed by atoms with Gasteiger partial charge in [0, 0.05) is 5.69 Å². The number of carbonyl (C=O) groups is 1. The van der Waals surface area contributed by atoms with E-state index in [0.29, 0.717) is 17.0 Å². The first kappa shape index (κ1) is 23.3. The Balaban J connectivity index is 1.55. The van der Waals surface area contributed by atoms with Gasteiger partial charge in [-0.05, 0) is 42.0 Å². The van der Waals surface area contributed by atoms with Gasteiger partial charge in [0.25, 0.3) is 5.95 Å². The molecule has 0 saturated heterocycles. The van der Waals surface area contributed by atoms with E-state index in [1.807, 2.05) is 61.5 Å². The second-order valence-electron chi connectivity index (χ2n) is 7.33. The van der Waals surface area contributed by atoms with E-state index in [4.69, 9.17) is 5.84 Å². The van der Waals surface area contributed by atoms with Crippen molar-refractivity contribution >= 4 is 35.0 Å². The molecular formula is C23H29N7OS. The minimum atomic E-state index is -0.140. The third kappa shape index (κ3) is 6.10. The van der Waals surface area contributed by atoms with Crippen LogP contribution in [0.4, 0.5) is 11.6 Å². The van der Waals surface area contributed by atoms with Crippen molar-refractivity contribution in [1.82, 2.24) is 14.9 Å². The summed E-state index contributed by atoms with van der Waals surface area (Å²) in [5.41, 5.74) is 6.79. The summed E-state index contributed by atoms with van der Waals surface area (Å²) in [5.74, 6) is 6.90. The Morgan fingerprint density at radius 2 is 1.84 bits per heavy atom. The van der Waals surface area contributed by atoms with Crippen molar-refractivity contribution in [2.45, 2.75) is 44.7 Å². The van der Waals surface area contributed by atoms with Crippen LogP contribution >= 0.6 is 11.8 Å². The molecule has 2 aromatic carbocycles. The molecule has 32 heavy (non-hydrogen) atoms. The first-order valence-corrected chi connectivity index (χ1v) is 11.6. The normalized spacial score (nSPS) is 12.4. The van der Waals surface area contributed by atoms with Crippen LogP contribution in [0, 0.1) is 0 Å². The van der Waals surface area contributed by atoms with Crippen LogP contribution in [-0.4, -0.2) is 32.2 Å². The fourth-order valence-corrected chi connectivity index (χ4v) is 3.66. The molecule has 168 valence electrons. The van der Waals surface area contributed by atoms with Crippen LogP contribution in [0.25, 0.3) is 0 Å². The van der Waals surface area contributed by atoms with Crippen molar-refractivity contribution in [3.8, 4) is 0 Å². The molecule has 3 rings (SSSR count). The van der Waals surface area contributed by atoms with Crippen molar-refractivity contribution in [2.75, 3.05) is 22.3 Å². The molecule has 0 spiro atoms. The van der Waals surface area contributed by atoms with Gasteiger partial charge in [0.1, 0.15) is 0 Å². The van der Waals surface area contributed by atoms with Crippen molar-refractivity contribution in [3.63, 3.8) is 0 Å². The summed E-state index contributed by atoms with van der Waals surface area (Å²) in [6, 6.07) is 17.8. The molecule has 0 aliphatic carbocycles. The van der Waals surface area contributed by atoms with Gasteiger partial charge in [-0.25, -0.2) is 10.1 Å². The van der Waals surface area contributed by atoms with Gasteiger partial charge in [0.15, 0.2) is 0 Å².